The summed E-state index contributed by atoms with van der Waals surface area (Å²) in [5.74, 6) is -0.483. The van der Waals surface area contributed by atoms with Crippen molar-refractivity contribution in [2.75, 3.05) is 13.7 Å². The monoisotopic (exact) mass is 276 g/mol. The molecular formula is C16H20O4. The topological polar surface area (TPSA) is 52.6 Å². The third-order valence-electron chi connectivity index (χ3n) is 2.82. The summed E-state index contributed by atoms with van der Waals surface area (Å²) in [5.41, 5.74) is 2.39. The molecule has 0 aliphatic carbocycles. The van der Waals surface area contributed by atoms with E-state index in [9.17, 15) is 9.59 Å². The van der Waals surface area contributed by atoms with Crippen LogP contribution in [0.2, 0.25) is 0 Å². The van der Waals surface area contributed by atoms with Gasteiger partial charge in [0.25, 0.3) is 0 Å². The average molecular weight is 276 g/mol. The molecule has 0 saturated heterocycles. The van der Waals surface area contributed by atoms with E-state index >= 15 is 0 Å². The van der Waals surface area contributed by atoms with Gasteiger partial charge in [0.1, 0.15) is 6.61 Å². The number of benzene rings is 1. The van der Waals surface area contributed by atoms with E-state index in [4.69, 9.17) is 4.74 Å². The van der Waals surface area contributed by atoms with Gasteiger partial charge in [-0.25, -0.2) is 4.79 Å². The Bertz CT molecular complexity index is 498. The van der Waals surface area contributed by atoms with Crippen molar-refractivity contribution in [2.24, 2.45) is 0 Å². The van der Waals surface area contributed by atoms with Gasteiger partial charge < -0.3 is 9.47 Å². The predicted octanol–water partition coefficient (Wildman–Crippen LogP) is 2.93. The lowest BCUT2D eigenvalue weighted by atomic mass is 10.0. The summed E-state index contributed by atoms with van der Waals surface area (Å²) in [6.07, 6.45) is 1.67. The molecule has 0 aliphatic rings. The molecule has 0 aromatic heterocycles. The molecule has 0 spiro atoms. The fraction of sp³-hybridized carbons (Fsp3) is 0.375. The molecule has 0 fully saturated rings. The maximum absolute atomic E-state index is 11.6. The Hall–Kier alpha value is -2.10. The second-order valence-electron chi connectivity index (χ2n) is 4.76. The molecule has 0 bridgehead atoms. The minimum Gasteiger partial charge on any atom is -0.466 e. The number of methoxy groups -OCH3 is 1. The molecule has 0 atom stereocenters. The molecule has 0 aliphatic heterocycles. The maximum atomic E-state index is 11.6. The third-order valence-corrected chi connectivity index (χ3v) is 2.82. The van der Waals surface area contributed by atoms with Crippen molar-refractivity contribution >= 4 is 18.0 Å². The van der Waals surface area contributed by atoms with Crippen molar-refractivity contribution in [3.8, 4) is 0 Å². The van der Waals surface area contributed by atoms with E-state index in [0.29, 0.717) is 11.5 Å². The van der Waals surface area contributed by atoms with Crippen molar-refractivity contribution in [2.45, 2.75) is 26.7 Å². The first-order valence-electron chi connectivity index (χ1n) is 6.46. The van der Waals surface area contributed by atoms with Crippen LogP contribution in [0, 0.1) is 0 Å². The number of esters is 2. The first-order valence-corrected chi connectivity index (χ1v) is 6.46. The van der Waals surface area contributed by atoms with E-state index in [1.807, 2.05) is 24.3 Å². The van der Waals surface area contributed by atoms with Gasteiger partial charge in [-0.15, -0.1) is 0 Å². The minimum atomic E-state index is -0.501. The Balaban J connectivity index is 2.93. The van der Waals surface area contributed by atoms with Gasteiger partial charge in [-0.3, -0.25) is 4.79 Å². The Morgan fingerprint density at radius 1 is 1.20 bits per heavy atom. The van der Waals surface area contributed by atoms with Crippen LogP contribution in [0.3, 0.4) is 0 Å². The smallest absolute Gasteiger partial charge is 0.337 e. The van der Waals surface area contributed by atoms with Crippen LogP contribution in [-0.2, 0) is 19.1 Å². The summed E-state index contributed by atoms with van der Waals surface area (Å²) >= 11 is 0. The highest BCUT2D eigenvalue weighted by Crippen LogP contribution is 2.16. The lowest BCUT2D eigenvalue weighted by Gasteiger charge is -2.07. The molecule has 0 N–H and O–H groups in total. The highest BCUT2D eigenvalue weighted by atomic mass is 16.5. The Labute approximate surface area is 119 Å². The van der Waals surface area contributed by atoms with E-state index in [0.717, 1.165) is 5.56 Å². The number of ether oxygens (including phenoxy) is 2. The highest BCUT2D eigenvalue weighted by molar-refractivity contribution is 5.94. The molecule has 4 nitrogen and oxygen atoms in total. The fourth-order valence-electron chi connectivity index (χ4n) is 1.65. The van der Waals surface area contributed by atoms with Crippen LogP contribution in [0.4, 0.5) is 0 Å². The van der Waals surface area contributed by atoms with E-state index < -0.39 is 11.9 Å². The summed E-state index contributed by atoms with van der Waals surface area (Å²) in [6, 6.07) is 7.87. The number of hydrogen-bond acceptors (Lipinski definition) is 4. The SMILES string of the molecule is COC(=O)/C(=C/c1ccc(C(C)C)cc1)COC(C)=O. The summed E-state index contributed by atoms with van der Waals surface area (Å²) in [6.45, 7) is 5.44. The first-order chi connectivity index (χ1) is 9.43. The van der Waals surface area contributed by atoms with Crippen LogP contribution in [0.25, 0.3) is 6.08 Å². The van der Waals surface area contributed by atoms with Gasteiger partial charge in [-0.1, -0.05) is 38.1 Å². The minimum absolute atomic E-state index is 0.0893. The fourth-order valence-corrected chi connectivity index (χ4v) is 1.65. The van der Waals surface area contributed by atoms with Gasteiger partial charge in [-0.05, 0) is 23.1 Å². The van der Waals surface area contributed by atoms with Crippen LogP contribution in [0.1, 0.15) is 37.8 Å². The zero-order chi connectivity index (χ0) is 15.1. The maximum Gasteiger partial charge on any atom is 0.337 e. The number of carbonyl (C=O) groups is 2. The van der Waals surface area contributed by atoms with Gasteiger partial charge in [0.05, 0.1) is 12.7 Å². The number of carbonyl (C=O) groups excluding carboxylic acids is 2. The molecule has 0 amide bonds. The molecule has 108 valence electrons. The largest absolute Gasteiger partial charge is 0.466 e. The van der Waals surface area contributed by atoms with Crippen LogP contribution in [0.15, 0.2) is 29.8 Å². The van der Waals surface area contributed by atoms with Crippen LogP contribution in [-0.4, -0.2) is 25.7 Å². The lowest BCUT2D eigenvalue weighted by Crippen LogP contribution is -2.12. The summed E-state index contributed by atoms with van der Waals surface area (Å²) in [5, 5.41) is 0. The third kappa shape index (κ3) is 4.88. The number of hydrogen-bond donors (Lipinski definition) is 0. The lowest BCUT2D eigenvalue weighted by molar-refractivity contribution is -0.141. The average Bonchev–Trinajstić information content (AvgIpc) is 2.42. The van der Waals surface area contributed by atoms with Crippen LogP contribution < -0.4 is 0 Å². The van der Waals surface area contributed by atoms with Gasteiger partial charge in [0, 0.05) is 6.92 Å². The zero-order valence-electron chi connectivity index (χ0n) is 12.3. The second kappa shape index (κ2) is 7.48. The van der Waals surface area contributed by atoms with E-state index in [-0.39, 0.29) is 6.61 Å². The standard InChI is InChI=1S/C16H20O4/c1-11(2)14-7-5-13(6-8-14)9-15(16(18)19-4)10-20-12(3)17/h5-9,11H,10H2,1-4H3/b15-9+. The molecule has 0 saturated carbocycles. The van der Waals surface area contributed by atoms with Gasteiger partial charge in [0.2, 0.25) is 0 Å². The normalized spacial score (nSPS) is 11.3. The second-order valence-corrected chi connectivity index (χ2v) is 4.76. The van der Waals surface area contributed by atoms with Crippen molar-refractivity contribution in [1.82, 2.24) is 0 Å². The molecule has 1 aromatic carbocycles. The van der Waals surface area contributed by atoms with Crippen molar-refractivity contribution in [3.63, 3.8) is 0 Å². The van der Waals surface area contributed by atoms with Crippen LogP contribution >= 0.6 is 0 Å². The summed E-state index contributed by atoms with van der Waals surface area (Å²) in [4.78, 5) is 22.5. The molecule has 0 heterocycles. The molecular weight excluding hydrogens is 256 g/mol. The van der Waals surface area contributed by atoms with Crippen molar-refractivity contribution in [3.05, 3.63) is 41.0 Å². The van der Waals surface area contributed by atoms with Crippen LogP contribution in [0.5, 0.6) is 0 Å². The molecule has 0 unspecified atom stereocenters. The van der Waals surface area contributed by atoms with Gasteiger partial charge in [-0.2, -0.15) is 0 Å². The molecule has 1 rings (SSSR count). The van der Waals surface area contributed by atoms with Gasteiger partial charge >= 0.3 is 11.9 Å². The van der Waals surface area contributed by atoms with Crippen molar-refractivity contribution in [1.29, 1.82) is 0 Å². The molecule has 4 heteroatoms. The molecule has 1 aromatic rings. The zero-order valence-corrected chi connectivity index (χ0v) is 12.3. The predicted molar refractivity (Wildman–Crippen MR) is 77.2 cm³/mol. The van der Waals surface area contributed by atoms with E-state index in [2.05, 4.69) is 18.6 Å². The van der Waals surface area contributed by atoms with Crippen molar-refractivity contribution < 1.29 is 19.1 Å². The van der Waals surface area contributed by atoms with Gasteiger partial charge in [0.15, 0.2) is 0 Å². The summed E-state index contributed by atoms with van der Waals surface area (Å²) in [7, 11) is 1.30. The quantitative estimate of drug-likeness (QED) is 0.613. The van der Waals surface area contributed by atoms with E-state index in [1.54, 1.807) is 6.08 Å². The Morgan fingerprint density at radius 2 is 1.80 bits per heavy atom. The van der Waals surface area contributed by atoms with E-state index in [1.165, 1.54) is 19.6 Å². The molecule has 0 radical (unpaired) electrons. The Kier molecular flexibility index (Phi) is 5.97. The Morgan fingerprint density at radius 3 is 2.25 bits per heavy atom. The number of rotatable bonds is 5. The molecule has 20 heavy (non-hydrogen) atoms. The highest BCUT2D eigenvalue weighted by Gasteiger charge is 2.11. The summed E-state index contributed by atoms with van der Waals surface area (Å²) < 4.78 is 9.53. The first kappa shape index (κ1) is 16.0.